The van der Waals surface area contributed by atoms with Gasteiger partial charge in [-0.2, -0.15) is 0 Å². The largest absolute Gasteiger partial charge is 0.309 e. The monoisotopic (exact) mass is 283 g/mol. The van der Waals surface area contributed by atoms with E-state index in [0.717, 1.165) is 12.8 Å². The fraction of sp³-hybridized carbons (Fsp3) is 0.643. The molecule has 0 fully saturated rings. The van der Waals surface area contributed by atoms with E-state index in [4.69, 9.17) is 11.6 Å². The fourth-order valence-corrected chi connectivity index (χ4v) is 1.93. The van der Waals surface area contributed by atoms with Crippen LogP contribution in [-0.4, -0.2) is 16.1 Å². The zero-order valence-corrected chi connectivity index (χ0v) is 12.2. The second kappa shape index (κ2) is 9.73. The van der Waals surface area contributed by atoms with E-state index in [1.807, 2.05) is 0 Å². The van der Waals surface area contributed by atoms with Crippen LogP contribution in [0.4, 0.5) is 5.82 Å². The van der Waals surface area contributed by atoms with Gasteiger partial charge in [0.2, 0.25) is 5.91 Å². The number of amides is 1. The third kappa shape index (κ3) is 7.78. The van der Waals surface area contributed by atoms with Gasteiger partial charge in [0.1, 0.15) is 0 Å². The van der Waals surface area contributed by atoms with Crippen molar-refractivity contribution in [3.63, 3.8) is 0 Å². The van der Waals surface area contributed by atoms with Crippen molar-refractivity contribution in [3.05, 3.63) is 17.3 Å². The van der Waals surface area contributed by atoms with Gasteiger partial charge in [-0.3, -0.25) is 4.79 Å². The lowest BCUT2D eigenvalue weighted by Gasteiger charge is -2.03. The highest BCUT2D eigenvalue weighted by molar-refractivity contribution is 6.29. The number of aromatic nitrogens is 2. The molecule has 1 rings (SSSR count). The highest BCUT2D eigenvalue weighted by atomic mass is 35.5. The minimum Gasteiger partial charge on any atom is -0.309 e. The van der Waals surface area contributed by atoms with Crippen LogP contribution in [0.5, 0.6) is 0 Å². The predicted molar refractivity (Wildman–Crippen MR) is 78.3 cm³/mol. The number of carbonyl (C=O) groups excluding carboxylic acids is 1. The molecule has 0 radical (unpaired) electrons. The van der Waals surface area contributed by atoms with E-state index in [-0.39, 0.29) is 5.91 Å². The molecule has 0 aromatic carbocycles. The van der Waals surface area contributed by atoms with Crippen molar-refractivity contribution < 1.29 is 4.79 Å². The predicted octanol–water partition coefficient (Wildman–Crippen LogP) is 4.21. The molecule has 4 nitrogen and oxygen atoms in total. The summed E-state index contributed by atoms with van der Waals surface area (Å²) in [6, 6.07) is 3.26. The number of unbranched alkanes of at least 4 members (excludes halogenated alkanes) is 6. The summed E-state index contributed by atoms with van der Waals surface area (Å²) in [7, 11) is 0. The molecule has 0 saturated heterocycles. The zero-order valence-electron chi connectivity index (χ0n) is 11.5. The first kappa shape index (κ1) is 15.9. The Morgan fingerprint density at radius 2 is 1.79 bits per heavy atom. The number of anilines is 1. The van der Waals surface area contributed by atoms with Crippen LogP contribution < -0.4 is 5.32 Å². The molecule has 19 heavy (non-hydrogen) atoms. The van der Waals surface area contributed by atoms with E-state index in [2.05, 4.69) is 22.4 Å². The molecule has 0 unspecified atom stereocenters. The fourth-order valence-electron chi connectivity index (χ4n) is 1.83. The van der Waals surface area contributed by atoms with Gasteiger partial charge >= 0.3 is 0 Å². The second-order valence-corrected chi connectivity index (χ2v) is 5.05. The highest BCUT2D eigenvalue weighted by Gasteiger charge is 2.03. The molecule has 0 saturated carbocycles. The number of hydrogen-bond acceptors (Lipinski definition) is 3. The first-order chi connectivity index (χ1) is 9.22. The van der Waals surface area contributed by atoms with Gasteiger partial charge in [0, 0.05) is 6.42 Å². The quantitative estimate of drug-likeness (QED) is 0.691. The van der Waals surface area contributed by atoms with Crippen LogP contribution in [0.15, 0.2) is 12.1 Å². The topological polar surface area (TPSA) is 54.9 Å². The lowest BCUT2D eigenvalue weighted by molar-refractivity contribution is -0.116. The van der Waals surface area contributed by atoms with Gasteiger partial charge in [0.05, 0.1) is 0 Å². The Bertz CT molecular complexity index is 367. The van der Waals surface area contributed by atoms with Crippen LogP contribution in [0.3, 0.4) is 0 Å². The molecular formula is C14H22ClN3O. The van der Waals surface area contributed by atoms with Gasteiger partial charge in [-0.05, 0) is 18.6 Å². The van der Waals surface area contributed by atoms with Crippen LogP contribution >= 0.6 is 11.6 Å². The third-order valence-electron chi connectivity index (χ3n) is 2.91. The van der Waals surface area contributed by atoms with Crippen LogP contribution in [0.1, 0.15) is 58.3 Å². The van der Waals surface area contributed by atoms with Gasteiger partial charge in [-0.1, -0.05) is 57.0 Å². The Morgan fingerprint density at radius 1 is 1.11 bits per heavy atom. The summed E-state index contributed by atoms with van der Waals surface area (Å²) in [5.74, 6) is 0.447. The standard InChI is InChI=1S/C14H22ClN3O/c1-2-3-4-5-6-7-8-9-14(19)16-13-11-10-12(15)17-18-13/h10-11H,2-9H2,1H3,(H,16,18,19). The summed E-state index contributed by atoms with van der Waals surface area (Å²) in [5.41, 5.74) is 0. The second-order valence-electron chi connectivity index (χ2n) is 4.66. The lowest BCUT2D eigenvalue weighted by Crippen LogP contribution is -2.12. The molecule has 1 amide bonds. The van der Waals surface area contributed by atoms with Crippen LogP contribution in [-0.2, 0) is 4.79 Å². The minimum absolute atomic E-state index is 0.00909. The summed E-state index contributed by atoms with van der Waals surface area (Å²) >= 11 is 5.62. The summed E-state index contributed by atoms with van der Waals surface area (Å²) in [5, 5.41) is 10.5. The molecule has 1 aromatic rings. The van der Waals surface area contributed by atoms with E-state index >= 15 is 0 Å². The summed E-state index contributed by atoms with van der Waals surface area (Å²) < 4.78 is 0. The maximum Gasteiger partial charge on any atom is 0.225 e. The summed E-state index contributed by atoms with van der Waals surface area (Å²) in [4.78, 5) is 11.6. The van der Waals surface area contributed by atoms with Crippen LogP contribution in [0, 0.1) is 0 Å². The number of halogens is 1. The van der Waals surface area contributed by atoms with Crippen molar-refractivity contribution in [1.29, 1.82) is 0 Å². The number of hydrogen-bond donors (Lipinski definition) is 1. The molecule has 106 valence electrons. The average molecular weight is 284 g/mol. The van der Waals surface area contributed by atoms with Crippen molar-refractivity contribution in [2.45, 2.75) is 58.3 Å². The Morgan fingerprint density at radius 3 is 2.42 bits per heavy atom. The van der Waals surface area contributed by atoms with Gasteiger partial charge in [-0.15, -0.1) is 10.2 Å². The Hall–Kier alpha value is -1.16. The first-order valence-electron chi connectivity index (χ1n) is 7.01. The Kier molecular flexibility index (Phi) is 8.14. The lowest BCUT2D eigenvalue weighted by atomic mass is 10.1. The number of carbonyl (C=O) groups is 1. The van der Waals surface area contributed by atoms with E-state index in [1.165, 1.54) is 32.1 Å². The first-order valence-corrected chi connectivity index (χ1v) is 7.39. The van der Waals surface area contributed by atoms with Crippen molar-refractivity contribution in [2.24, 2.45) is 0 Å². The molecule has 0 atom stereocenters. The third-order valence-corrected chi connectivity index (χ3v) is 3.11. The SMILES string of the molecule is CCCCCCCCCC(=O)Nc1ccc(Cl)nn1. The number of nitrogens with zero attached hydrogens (tertiary/aromatic N) is 2. The van der Waals surface area contributed by atoms with Crippen LogP contribution in [0.2, 0.25) is 5.15 Å². The van der Waals surface area contributed by atoms with E-state index in [0.29, 0.717) is 17.4 Å². The van der Waals surface area contributed by atoms with Crippen molar-refractivity contribution in [2.75, 3.05) is 5.32 Å². The molecule has 5 heteroatoms. The minimum atomic E-state index is -0.00909. The van der Waals surface area contributed by atoms with Crippen molar-refractivity contribution in [1.82, 2.24) is 10.2 Å². The molecule has 0 bridgehead atoms. The molecule has 1 heterocycles. The zero-order chi connectivity index (χ0) is 13.9. The Labute approximate surface area is 120 Å². The highest BCUT2D eigenvalue weighted by Crippen LogP contribution is 2.10. The van der Waals surface area contributed by atoms with E-state index in [1.54, 1.807) is 12.1 Å². The molecular weight excluding hydrogens is 262 g/mol. The number of nitrogens with one attached hydrogen (secondary N) is 1. The molecule has 0 spiro atoms. The van der Waals surface area contributed by atoms with Crippen molar-refractivity contribution >= 4 is 23.3 Å². The maximum atomic E-state index is 11.6. The maximum absolute atomic E-state index is 11.6. The summed E-state index contributed by atoms with van der Waals surface area (Å²) in [6.07, 6.45) is 8.97. The Balaban J connectivity index is 2.06. The van der Waals surface area contributed by atoms with Crippen molar-refractivity contribution in [3.8, 4) is 0 Å². The molecule has 1 N–H and O–H groups in total. The molecule has 0 aliphatic heterocycles. The van der Waals surface area contributed by atoms with Gasteiger partial charge in [0.25, 0.3) is 0 Å². The van der Waals surface area contributed by atoms with E-state index < -0.39 is 0 Å². The van der Waals surface area contributed by atoms with E-state index in [9.17, 15) is 4.79 Å². The molecule has 1 aromatic heterocycles. The van der Waals surface area contributed by atoms with Gasteiger partial charge in [-0.25, -0.2) is 0 Å². The number of rotatable bonds is 9. The normalized spacial score (nSPS) is 10.4. The average Bonchev–Trinajstić information content (AvgIpc) is 2.40. The smallest absolute Gasteiger partial charge is 0.225 e. The molecule has 0 aliphatic carbocycles. The van der Waals surface area contributed by atoms with Gasteiger partial charge in [0.15, 0.2) is 11.0 Å². The molecule has 0 aliphatic rings. The summed E-state index contributed by atoms with van der Waals surface area (Å²) in [6.45, 7) is 2.21. The van der Waals surface area contributed by atoms with Crippen LogP contribution in [0.25, 0.3) is 0 Å². The van der Waals surface area contributed by atoms with Gasteiger partial charge < -0.3 is 5.32 Å².